The highest BCUT2D eigenvalue weighted by Crippen LogP contribution is 2.17. The second-order valence-electron chi connectivity index (χ2n) is 6.39. The number of carbonyl (C=O) groups is 1. The van der Waals surface area contributed by atoms with Crippen molar-refractivity contribution in [2.75, 3.05) is 19.0 Å². The van der Waals surface area contributed by atoms with Crippen LogP contribution in [0, 0.1) is 6.92 Å². The first kappa shape index (κ1) is 19.4. The molecule has 0 unspecified atom stereocenters. The lowest BCUT2D eigenvalue weighted by Gasteiger charge is -2.10. The van der Waals surface area contributed by atoms with Gasteiger partial charge in [-0.25, -0.2) is 9.97 Å². The van der Waals surface area contributed by atoms with Crippen LogP contribution in [0.4, 0.5) is 5.82 Å². The molecule has 6 heteroatoms. The highest BCUT2D eigenvalue weighted by Gasteiger charge is 2.09. The van der Waals surface area contributed by atoms with Crippen LogP contribution in [-0.2, 0) is 13.0 Å². The van der Waals surface area contributed by atoms with Crippen LogP contribution in [0.3, 0.4) is 0 Å². The molecule has 0 saturated heterocycles. The maximum atomic E-state index is 12.4. The van der Waals surface area contributed by atoms with E-state index in [0.717, 1.165) is 28.9 Å². The number of methoxy groups -OCH3 is 1. The Morgan fingerprint density at radius 1 is 1.04 bits per heavy atom. The van der Waals surface area contributed by atoms with Gasteiger partial charge < -0.3 is 15.4 Å². The molecule has 1 amide bonds. The SMILES string of the molecule is COc1ccccc1CCNc1cc(C(=O)NCc2ccccc2C)ncn1. The number of carbonyl (C=O) groups excluding carboxylic acids is 1. The van der Waals surface area contributed by atoms with E-state index in [4.69, 9.17) is 4.74 Å². The highest BCUT2D eigenvalue weighted by atomic mass is 16.5. The zero-order chi connectivity index (χ0) is 19.8. The molecular formula is C22H24N4O2. The number of hydrogen-bond acceptors (Lipinski definition) is 5. The molecule has 28 heavy (non-hydrogen) atoms. The summed E-state index contributed by atoms with van der Waals surface area (Å²) in [7, 11) is 1.67. The Balaban J connectivity index is 1.56. The van der Waals surface area contributed by atoms with E-state index >= 15 is 0 Å². The predicted molar refractivity (Wildman–Crippen MR) is 110 cm³/mol. The van der Waals surface area contributed by atoms with E-state index in [1.54, 1.807) is 13.2 Å². The van der Waals surface area contributed by atoms with Crippen molar-refractivity contribution >= 4 is 11.7 Å². The van der Waals surface area contributed by atoms with Crippen molar-refractivity contribution in [3.63, 3.8) is 0 Å². The molecule has 0 atom stereocenters. The Labute approximate surface area is 165 Å². The van der Waals surface area contributed by atoms with Gasteiger partial charge in [0.05, 0.1) is 7.11 Å². The van der Waals surface area contributed by atoms with Crippen molar-refractivity contribution in [2.45, 2.75) is 19.9 Å². The summed E-state index contributed by atoms with van der Waals surface area (Å²) in [6.45, 7) is 3.16. The Morgan fingerprint density at radius 3 is 2.57 bits per heavy atom. The quantitative estimate of drug-likeness (QED) is 0.630. The van der Waals surface area contributed by atoms with Gasteiger partial charge in [0.15, 0.2) is 0 Å². The fraction of sp³-hybridized carbons (Fsp3) is 0.227. The maximum absolute atomic E-state index is 12.4. The van der Waals surface area contributed by atoms with Gasteiger partial charge in [-0.3, -0.25) is 4.79 Å². The van der Waals surface area contributed by atoms with Crippen LogP contribution < -0.4 is 15.4 Å². The van der Waals surface area contributed by atoms with E-state index in [1.165, 1.54) is 6.33 Å². The van der Waals surface area contributed by atoms with Crippen LogP contribution in [-0.4, -0.2) is 29.5 Å². The Bertz CT molecular complexity index is 943. The van der Waals surface area contributed by atoms with E-state index < -0.39 is 0 Å². The molecule has 1 aromatic heterocycles. The summed E-state index contributed by atoms with van der Waals surface area (Å²) in [4.78, 5) is 20.7. The third kappa shape index (κ3) is 5.07. The maximum Gasteiger partial charge on any atom is 0.270 e. The summed E-state index contributed by atoms with van der Waals surface area (Å²) < 4.78 is 5.36. The molecule has 0 aliphatic carbocycles. The smallest absolute Gasteiger partial charge is 0.270 e. The molecular weight excluding hydrogens is 352 g/mol. The van der Waals surface area contributed by atoms with Gasteiger partial charge in [-0.2, -0.15) is 0 Å². The van der Waals surface area contributed by atoms with Crippen LogP contribution in [0.1, 0.15) is 27.2 Å². The number of nitrogens with one attached hydrogen (secondary N) is 2. The van der Waals surface area contributed by atoms with Crippen LogP contribution in [0.2, 0.25) is 0 Å². The van der Waals surface area contributed by atoms with E-state index in [-0.39, 0.29) is 5.91 Å². The molecule has 0 radical (unpaired) electrons. The summed E-state index contributed by atoms with van der Waals surface area (Å²) in [5.74, 6) is 1.26. The lowest BCUT2D eigenvalue weighted by atomic mass is 10.1. The fourth-order valence-corrected chi connectivity index (χ4v) is 2.89. The van der Waals surface area contributed by atoms with E-state index in [0.29, 0.717) is 24.6 Å². The lowest BCUT2D eigenvalue weighted by molar-refractivity contribution is 0.0945. The minimum Gasteiger partial charge on any atom is -0.496 e. The molecule has 3 rings (SSSR count). The topological polar surface area (TPSA) is 76.1 Å². The first-order valence-corrected chi connectivity index (χ1v) is 9.18. The summed E-state index contributed by atoms with van der Waals surface area (Å²) in [5.41, 5.74) is 3.68. The number of anilines is 1. The van der Waals surface area contributed by atoms with Gasteiger partial charge in [-0.1, -0.05) is 42.5 Å². The van der Waals surface area contributed by atoms with Crippen molar-refractivity contribution in [1.29, 1.82) is 0 Å². The number of para-hydroxylation sites is 1. The van der Waals surface area contributed by atoms with Crippen LogP contribution in [0.25, 0.3) is 0 Å². The van der Waals surface area contributed by atoms with Gasteiger partial charge in [0.2, 0.25) is 0 Å². The zero-order valence-electron chi connectivity index (χ0n) is 16.1. The number of rotatable bonds is 8. The number of aryl methyl sites for hydroxylation is 1. The van der Waals surface area contributed by atoms with Gasteiger partial charge in [0.25, 0.3) is 5.91 Å². The number of aromatic nitrogens is 2. The lowest BCUT2D eigenvalue weighted by Crippen LogP contribution is -2.24. The summed E-state index contributed by atoms with van der Waals surface area (Å²) >= 11 is 0. The largest absolute Gasteiger partial charge is 0.496 e. The average molecular weight is 376 g/mol. The predicted octanol–water partition coefficient (Wildman–Crippen LogP) is 3.38. The molecule has 3 aromatic rings. The minimum atomic E-state index is -0.224. The van der Waals surface area contributed by atoms with Crippen molar-refractivity contribution in [3.8, 4) is 5.75 Å². The molecule has 2 aromatic carbocycles. The third-order valence-corrected chi connectivity index (χ3v) is 4.49. The van der Waals surface area contributed by atoms with Gasteiger partial charge in [-0.05, 0) is 36.1 Å². The Kier molecular flexibility index (Phi) is 6.57. The molecule has 0 aliphatic rings. The average Bonchev–Trinajstić information content (AvgIpc) is 2.73. The molecule has 1 heterocycles. The first-order valence-electron chi connectivity index (χ1n) is 9.18. The fourth-order valence-electron chi connectivity index (χ4n) is 2.89. The highest BCUT2D eigenvalue weighted by molar-refractivity contribution is 5.92. The summed E-state index contributed by atoms with van der Waals surface area (Å²) in [6, 6.07) is 17.5. The number of hydrogen-bond donors (Lipinski definition) is 2. The van der Waals surface area contributed by atoms with Crippen LogP contribution >= 0.6 is 0 Å². The molecule has 2 N–H and O–H groups in total. The van der Waals surface area contributed by atoms with Crippen molar-refractivity contribution < 1.29 is 9.53 Å². The van der Waals surface area contributed by atoms with E-state index in [2.05, 4.69) is 20.6 Å². The molecule has 0 aliphatic heterocycles. The summed E-state index contributed by atoms with van der Waals surface area (Å²) in [5, 5.41) is 6.14. The third-order valence-electron chi connectivity index (χ3n) is 4.49. The number of nitrogens with zero attached hydrogens (tertiary/aromatic N) is 2. The Morgan fingerprint density at radius 2 is 1.79 bits per heavy atom. The normalized spacial score (nSPS) is 10.4. The van der Waals surface area contributed by atoms with Crippen molar-refractivity contribution in [1.82, 2.24) is 15.3 Å². The van der Waals surface area contributed by atoms with Crippen molar-refractivity contribution in [3.05, 3.63) is 83.3 Å². The molecule has 0 bridgehead atoms. The van der Waals surface area contributed by atoms with Crippen LogP contribution in [0.15, 0.2) is 60.9 Å². The number of ether oxygens (including phenoxy) is 1. The molecule has 6 nitrogen and oxygen atoms in total. The Hall–Kier alpha value is -3.41. The second-order valence-corrected chi connectivity index (χ2v) is 6.39. The van der Waals surface area contributed by atoms with Gasteiger partial charge in [0.1, 0.15) is 23.6 Å². The molecule has 0 fully saturated rings. The molecule has 0 saturated carbocycles. The van der Waals surface area contributed by atoms with Gasteiger partial charge in [0, 0.05) is 19.2 Å². The molecule has 144 valence electrons. The first-order chi connectivity index (χ1) is 13.7. The van der Waals surface area contributed by atoms with E-state index in [1.807, 2.05) is 55.5 Å². The van der Waals surface area contributed by atoms with E-state index in [9.17, 15) is 4.79 Å². The van der Waals surface area contributed by atoms with Gasteiger partial charge >= 0.3 is 0 Å². The van der Waals surface area contributed by atoms with Crippen LogP contribution in [0.5, 0.6) is 5.75 Å². The standard InChI is InChI=1S/C22H24N4O2/c1-16-7-3-4-9-18(16)14-24-22(27)19-13-21(26-15-25-19)23-12-11-17-8-5-6-10-20(17)28-2/h3-10,13,15H,11-12,14H2,1-2H3,(H,24,27)(H,23,25,26). The monoisotopic (exact) mass is 376 g/mol. The zero-order valence-corrected chi connectivity index (χ0v) is 16.1. The van der Waals surface area contributed by atoms with Gasteiger partial charge in [-0.15, -0.1) is 0 Å². The second kappa shape index (κ2) is 9.50. The van der Waals surface area contributed by atoms with Crippen molar-refractivity contribution in [2.24, 2.45) is 0 Å². The number of benzene rings is 2. The summed E-state index contributed by atoms with van der Waals surface area (Å²) in [6.07, 6.45) is 2.18. The minimum absolute atomic E-state index is 0.224. The molecule has 0 spiro atoms. The number of amides is 1.